The topological polar surface area (TPSA) is 75.7 Å². The lowest BCUT2D eigenvalue weighted by molar-refractivity contribution is 0.340. The van der Waals surface area contributed by atoms with Gasteiger partial charge in [0.05, 0.1) is 12.6 Å². The van der Waals surface area contributed by atoms with E-state index in [4.69, 9.17) is 4.74 Å². The maximum Gasteiger partial charge on any atom is 0.191 e. The molecule has 2 rings (SSSR count). The summed E-state index contributed by atoms with van der Waals surface area (Å²) in [6.07, 6.45) is 0. The number of H-pyrrole nitrogens is 1. The van der Waals surface area contributed by atoms with Crippen LogP contribution < -0.4 is 10.1 Å². The molecular formula is C12H17N5O. The molecule has 0 bridgehead atoms. The minimum absolute atomic E-state index is 0.0651. The van der Waals surface area contributed by atoms with E-state index in [1.54, 1.807) is 0 Å². The van der Waals surface area contributed by atoms with Crippen molar-refractivity contribution in [3.05, 3.63) is 35.7 Å². The molecule has 0 saturated heterocycles. The van der Waals surface area contributed by atoms with Gasteiger partial charge >= 0.3 is 0 Å². The Hall–Kier alpha value is -1.95. The molecule has 0 spiro atoms. The van der Waals surface area contributed by atoms with Gasteiger partial charge in [-0.05, 0) is 31.5 Å². The second-order valence-corrected chi connectivity index (χ2v) is 3.95. The van der Waals surface area contributed by atoms with Gasteiger partial charge in [0.25, 0.3) is 0 Å². The zero-order valence-electron chi connectivity index (χ0n) is 10.6. The van der Waals surface area contributed by atoms with Crippen LogP contribution in [0.15, 0.2) is 24.3 Å². The molecule has 6 heteroatoms. The van der Waals surface area contributed by atoms with Gasteiger partial charge in [-0.15, -0.1) is 10.2 Å². The molecule has 18 heavy (non-hydrogen) atoms. The Morgan fingerprint density at radius 3 is 2.72 bits per heavy atom. The van der Waals surface area contributed by atoms with E-state index in [9.17, 15) is 0 Å². The largest absolute Gasteiger partial charge is 0.494 e. The minimum Gasteiger partial charge on any atom is -0.494 e. The van der Waals surface area contributed by atoms with Crippen LogP contribution in [0.3, 0.4) is 0 Å². The summed E-state index contributed by atoms with van der Waals surface area (Å²) in [6, 6.07) is 8.09. The summed E-state index contributed by atoms with van der Waals surface area (Å²) >= 11 is 0. The average Bonchev–Trinajstić information content (AvgIpc) is 2.92. The van der Waals surface area contributed by atoms with E-state index in [2.05, 4.69) is 25.9 Å². The summed E-state index contributed by atoms with van der Waals surface area (Å²) in [5.74, 6) is 1.56. The fraction of sp³-hybridized carbons (Fsp3) is 0.417. The Balaban J connectivity index is 1.86. The van der Waals surface area contributed by atoms with Crippen LogP contribution in [-0.2, 0) is 6.54 Å². The molecule has 0 radical (unpaired) electrons. The molecule has 1 atom stereocenters. The molecule has 1 aromatic heterocycles. The molecule has 0 fully saturated rings. The van der Waals surface area contributed by atoms with Gasteiger partial charge in [0.15, 0.2) is 5.82 Å². The highest BCUT2D eigenvalue weighted by Gasteiger charge is 2.08. The summed E-state index contributed by atoms with van der Waals surface area (Å²) in [5, 5.41) is 17.2. The molecular weight excluding hydrogens is 230 g/mol. The van der Waals surface area contributed by atoms with E-state index in [1.165, 1.54) is 5.56 Å². The molecule has 6 nitrogen and oxygen atoms in total. The maximum absolute atomic E-state index is 5.39. The summed E-state index contributed by atoms with van der Waals surface area (Å²) in [7, 11) is 0. The number of rotatable bonds is 6. The third-order valence-corrected chi connectivity index (χ3v) is 2.60. The van der Waals surface area contributed by atoms with Crippen LogP contribution in [0.2, 0.25) is 0 Å². The van der Waals surface area contributed by atoms with Gasteiger partial charge in [0, 0.05) is 6.54 Å². The summed E-state index contributed by atoms with van der Waals surface area (Å²) in [4.78, 5) is 0. The van der Waals surface area contributed by atoms with Crippen molar-refractivity contribution in [3.8, 4) is 5.75 Å². The zero-order valence-corrected chi connectivity index (χ0v) is 10.6. The molecule has 0 saturated carbocycles. The first-order valence-electron chi connectivity index (χ1n) is 5.98. The maximum atomic E-state index is 5.39. The number of ether oxygens (including phenoxy) is 1. The Morgan fingerprint density at radius 1 is 1.33 bits per heavy atom. The van der Waals surface area contributed by atoms with Crippen molar-refractivity contribution in [1.29, 1.82) is 0 Å². The Morgan fingerprint density at radius 2 is 2.11 bits per heavy atom. The van der Waals surface area contributed by atoms with Gasteiger partial charge in [-0.25, -0.2) is 0 Å². The third kappa shape index (κ3) is 3.27. The summed E-state index contributed by atoms with van der Waals surface area (Å²) < 4.78 is 5.39. The summed E-state index contributed by atoms with van der Waals surface area (Å²) in [6.45, 7) is 5.41. The van der Waals surface area contributed by atoms with Crippen LogP contribution in [0.4, 0.5) is 0 Å². The number of tetrazole rings is 1. The van der Waals surface area contributed by atoms with E-state index >= 15 is 0 Å². The summed E-state index contributed by atoms with van der Waals surface area (Å²) in [5.41, 5.74) is 1.19. The number of nitrogens with zero attached hydrogens (tertiary/aromatic N) is 3. The van der Waals surface area contributed by atoms with Crippen molar-refractivity contribution < 1.29 is 4.74 Å². The van der Waals surface area contributed by atoms with Crippen molar-refractivity contribution in [1.82, 2.24) is 25.9 Å². The molecule has 2 N–H and O–H groups in total. The standard InChI is InChI=1S/C12H17N5O/c1-3-18-11-6-4-10(5-7-11)8-13-9(2)12-14-16-17-15-12/h4-7,9,13H,3,8H2,1-2H3,(H,14,15,16,17). The number of benzene rings is 1. The smallest absolute Gasteiger partial charge is 0.191 e. The highest BCUT2D eigenvalue weighted by atomic mass is 16.5. The second kappa shape index (κ2) is 6.11. The van der Waals surface area contributed by atoms with Crippen molar-refractivity contribution in [2.45, 2.75) is 26.4 Å². The van der Waals surface area contributed by atoms with Crippen molar-refractivity contribution in [3.63, 3.8) is 0 Å². The minimum atomic E-state index is 0.0651. The second-order valence-electron chi connectivity index (χ2n) is 3.95. The van der Waals surface area contributed by atoms with Crippen molar-refractivity contribution in [2.75, 3.05) is 6.61 Å². The predicted octanol–water partition coefficient (Wildman–Crippen LogP) is 1.45. The van der Waals surface area contributed by atoms with Crippen LogP contribution in [0.5, 0.6) is 5.75 Å². The van der Waals surface area contributed by atoms with E-state index in [0.29, 0.717) is 12.4 Å². The molecule has 0 amide bonds. The van der Waals surface area contributed by atoms with Crippen LogP contribution in [-0.4, -0.2) is 27.2 Å². The van der Waals surface area contributed by atoms with Crippen LogP contribution in [0.1, 0.15) is 31.3 Å². The number of hydrogen-bond donors (Lipinski definition) is 2. The van der Waals surface area contributed by atoms with E-state index < -0.39 is 0 Å². The van der Waals surface area contributed by atoms with E-state index in [-0.39, 0.29) is 6.04 Å². The first kappa shape index (κ1) is 12.5. The van der Waals surface area contributed by atoms with E-state index in [1.807, 2.05) is 38.1 Å². The molecule has 0 aliphatic rings. The van der Waals surface area contributed by atoms with Crippen LogP contribution >= 0.6 is 0 Å². The van der Waals surface area contributed by atoms with Gasteiger partial charge in [0.1, 0.15) is 5.75 Å². The Kier molecular flexibility index (Phi) is 4.25. The normalized spacial score (nSPS) is 12.3. The lowest BCUT2D eigenvalue weighted by atomic mass is 10.2. The predicted molar refractivity (Wildman–Crippen MR) is 67.0 cm³/mol. The van der Waals surface area contributed by atoms with Crippen LogP contribution in [0.25, 0.3) is 0 Å². The van der Waals surface area contributed by atoms with Crippen molar-refractivity contribution >= 4 is 0 Å². The SMILES string of the molecule is CCOc1ccc(CNC(C)c2nn[nH]n2)cc1. The van der Waals surface area contributed by atoms with Gasteiger partial charge in [-0.3, -0.25) is 0 Å². The number of aromatic amines is 1. The number of hydrogen-bond acceptors (Lipinski definition) is 5. The molecule has 0 aliphatic carbocycles. The zero-order chi connectivity index (χ0) is 12.8. The lowest BCUT2D eigenvalue weighted by Crippen LogP contribution is -2.19. The first-order valence-corrected chi connectivity index (χ1v) is 5.98. The number of aromatic nitrogens is 4. The fourth-order valence-corrected chi connectivity index (χ4v) is 1.59. The Bertz CT molecular complexity index is 454. The fourth-order valence-electron chi connectivity index (χ4n) is 1.59. The van der Waals surface area contributed by atoms with Gasteiger partial charge < -0.3 is 10.1 Å². The quantitative estimate of drug-likeness (QED) is 0.808. The first-order chi connectivity index (χ1) is 8.79. The van der Waals surface area contributed by atoms with E-state index in [0.717, 1.165) is 12.3 Å². The van der Waals surface area contributed by atoms with Crippen LogP contribution in [0, 0.1) is 0 Å². The highest BCUT2D eigenvalue weighted by Crippen LogP contribution is 2.13. The lowest BCUT2D eigenvalue weighted by Gasteiger charge is -2.10. The monoisotopic (exact) mass is 247 g/mol. The Labute approximate surface area is 106 Å². The highest BCUT2D eigenvalue weighted by molar-refractivity contribution is 5.27. The molecule has 96 valence electrons. The average molecular weight is 247 g/mol. The molecule has 0 aliphatic heterocycles. The van der Waals surface area contributed by atoms with Crippen molar-refractivity contribution in [2.24, 2.45) is 0 Å². The number of nitrogens with one attached hydrogen (secondary N) is 2. The third-order valence-electron chi connectivity index (χ3n) is 2.60. The molecule has 1 unspecified atom stereocenters. The molecule has 2 aromatic rings. The van der Waals surface area contributed by atoms with Gasteiger partial charge in [-0.2, -0.15) is 5.21 Å². The van der Waals surface area contributed by atoms with Gasteiger partial charge in [0.2, 0.25) is 0 Å². The molecule has 1 aromatic carbocycles. The molecule has 1 heterocycles. The van der Waals surface area contributed by atoms with Gasteiger partial charge in [-0.1, -0.05) is 17.3 Å².